The van der Waals surface area contributed by atoms with E-state index < -0.39 is 28.5 Å². The van der Waals surface area contributed by atoms with Crippen molar-refractivity contribution in [2.75, 3.05) is 17.5 Å². The number of rotatable bonds is 15. The molecule has 0 bridgehead atoms. The second-order valence-electron chi connectivity index (χ2n) is 11.0. The SMILES string of the molecule is CCOc1ccc(N(CC(=O)N(Cc2ccccc2Cl)[C@@H](Cc2ccccc2)C(=O)N[C@@H](C)CC)S(=O)(=O)c2ccc(Br)cc2)cc1. The molecule has 0 fully saturated rings. The largest absolute Gasteiger partial charge is 0.494 e. The summed E-state index contributed by atoms with van der Waals surface area (Å²) < 4.78 is 35.8. The maximum atomic E-state index is 14.6. The van der Waals surface area contributed by atoms with Gasteiger partial charge in [-0.15, -0.1) is 0 Å². The summed E-state index contributed by atoms with van der Waals surface area (Å²) in [5, 5.41) is 3.46. The van der Waals surface area contributed by atoms with Gasteiger partial charge in [-0.25, -0.2) is 8.42 Å². The van der Waals surface area contributed by atoms with E-state index in [2.05, 4.69) is 21.2 Å². The summed E-state index contributed by atoms with van der Waals surface area (Å²) in [6.07, 6.45) is 0.904. The van der Waals surface area contributed by atoms with E-state index in [1.54, 1.807) is 60.7 Å². The predicted molar refractivity (Wildman–Crippen MR) is 190 cm³/mol. The quantitative estimate of drug-likeness (QED) is 0.139. The number of benzene rings is 4. The number of ether oxygens (including phenoxy) is 1. The van der Waals surface area contributed by atoms with Gasteiger partial charge in [0.05, 0.1) is 17.2 Å². The highest BCUT2D eigenvalue weighted by Gasteiger charge is 2.35. The van der Waals surface area contributed by atoms with Crippen molar-refractivity contribution in [1.29, 1.82) is 0 Å². The first-order chi connectivity index (χ1) is 22.5. The molecule has 248 valence electrons. The number of hydrogen-bond acceptors (Lipinski definition) is 5. The van der Waals surface area contributed by atoms with Gasteiger partial charge in [-0.2, -0.15) is 0 Å². The van der Waals surface area contributed by atoms with Crippen LogP contribution in [0.15, 0.2) is 112 Å². The Balaban J connectivity index is 1.81. The number of halogens is 2. The highest BCUT2D eigenvalue weighted by molar-refractivity contribution is 9.10. The molecule has 0 saturated heterocycles. The fourth-order valence-electron chi connectivity index (χ4n) is 4.94. The van der Waals surface area contributed by atoms with Gasteiger partial charge in [-0.3, -0.25) is 13.9 Å². The van der Waals surface area contributed by atoms with Crippen molar-refractivity contribution in [3.63, 3.8) is 0 Å². The molecule has 8 nitrogen and oxygen atoms in total. The van der Waals surface area contributed by atoms with Gasteiger partial charge in [0.25, 0.3) is 10.0 Å². The summed E-state index contributed by atoms with van der Waals surface area (Å²) in [6.45, 7) is 5.57. The smallest absolute Gasteiger partial charge is 0.264 e. The second-order valence-corrected chi connectivity index (χ2v) is 14.2. The van der Waals surface area contributed by atoms with Crippen LogP contribution in [0.4, 0.5) is 5.69 Å². The van der Waals surface area contributed by atoms with Crippen molar-refractivity contribution in [2.45, 2.75) is 57.1 Å². The third kappa shape index (κ3) is 9.59. The summed E-state index contributed by atoms with van der Waals surface area (Å²) in [7, 11) is -4.24. The number of anilines is 1. The lowest BCUT2D eigenvalue weighted by atomic mass is 10.0. The Morgan fingerprint density at radius 3 is 2.15 bits per heavy atom. The molecule has 4 rings (SSSR count). The number of carbonyl (C=O) groups is 2. The van der Waals surface area contributed by atoms with E-state index in [1.807, 2.05) is 51.1 Å². The molecule has 47 heavy (non-hydrogen) atoms. The highest BCUT2D eigenvalue weighted by atomic mass is 79.9. The van der Waals surface area contributed by atoms with Crippen LogP contribution in [-0.4, -0.2) is 50.4 Å². The third-order valence-electron chi connectivity index (χ3n) is 7.69. The van der Waals surface area contributed by atoms with E-state index >= 15 is 0 Å². The van der Waals surface area contributed by atoms with Crippen LogP contribution in [-0.2, 0) is 32.6 Å². The van der Waals surface area contributed by atoms with E-state index in [0.29, 0.717) is 33.8 Å². The Bertz CT molecular complexity index is 1740. The Morgan fingerprint density at radius 2 is 1.53 bits per heavy atom. The number of sulfonamides is 1. The van der Waals surface area contributed by atoms with Crippen molar-refractivity contribution in [2.24, 2.45) is 0 Å². The Morgan fingerprint density at radius 1 is 0.894 bits per heavy atom. The van der Waals surface area contributed by atoms with Crippen molar-refractivity contribution >= 4 is 55.1 Å². The molecule has 1 N–H and O–H groups in total. The second kappa shape index (κ2) is 16.8. The molecule has 0 aromatic heterocycles. The minimum atomic E-state index is -4.24. The highest BCUT2D eigenvalue weighted by Crippen LogP contribution is 2.28. The van der Waals surface area contributed by atoms with Gasteiger partial charge in [0, 0.05) is 28.5 Å². The van der Waals surface area contributed by atoms with Crippen LogP contribution in [0.1, 0.15) is 38.3 Å². The van der Waals surface area contributed by atoms with Gasteiger partial charge >= 0.3 is 0 Å². The third-order valence-corrected chi connectivity index (χ3v) is 10.4. The summed E-state index contributed by atoms with van der Waals surface area (Å²) >= 11 is 9.93. The molecule has 0 radical (unpaired) electrons. The molecule has 0 saturated carbocycles. The molecule has 0 aliphatic rings. The first-order valence-electron chi connectivity index (χ1n) is 15.4. The van der Waals surface area contributed by atoms with Crippen LogP contribution in [0, 0.1) is 0 Å². The van der Waals surface area contributed by atoms with E-state index in [0.717, 1.165) is 9.87 Å². The first-order valence-corrected chi connectivity index (χ1v) is 18.0. The minimum absolute atomic E-state index is 0.00962. The van der Waals surface area contributed by atoms with Crippen LogP contribution in [0.3, 0.4) is 0 Å². The zero-order chi connectivity index (χ0) is 34.0. The molecule has 2 amide bonds. The van der Waals surface area contributed by atoms with E-state index in [-0.39, 0.29) is 35.5 Å². The summed E-state index contributed by atoms with van der Waals surface area (Å²) in [4.78, 5) is 30.0. The van der Waals surface area contributed by atoms with Gasteiger partial charge < -0.3 is 15.0 Å². The normalized spacial score (nSPS) is 12.5. The Labute approximate surface area is 290 Å². The fourth-order valence-corrected chi connectivity index (χ4v) is 6.82. The molecule has 4 aromatic carbocycles. The molecule has 0 aliphatic heterocycles. The van der Waals surface area contributed by atoms with Gasteiger partial charge in [0.1, 0.15) is 18.3 Å². The van der Waals surface area contributed by atoms with E-state index in [9.17, 15) is 18.0 Å². The average Bonchev–Trinajstić information content (AvgIpc) is 3.07. The lowest BCUT2D eigenvalue weighted by Crippen LogP contribution is -2.54. The molecule has 0 heterocycles. The summed E-state index contributed by atoms with van der Waals surface area (Å²) in [5.41, 5.74) is 1.74. The van der Waals surface area contributed by atoms with Crippen LogP contribution in [0.5, 0.6) is 5.75 Å². The van der Waals surface area contributed by atoms with Gasteiger partial charge in [0.2, 0.25) is 11.8 Å². The van der Waals surface area contributed by atoms with E-state index in [4.69, 9.17) is 16.3 Å². The van der Waals surface area contributed by atoms with Crippen molar-refractivity contribution in [3.05, 3.63) is 124 Å². The predicted octanol–water partition coefficient (Wildman–Crippen LogP) is 7.25. The van der Waals surface area contributed by atoms with Crippen LogP contribution < -0.4 is 14.4 Å². The van der Waals surface area contributed by atoms with Crippen LogP contribution >= 0.6 is 27.5 Å². The first kappa shape index (κ1) is 36.0. The lowest BCUT2D eigenvalue weighted by molar-refractivity contribution is -0.140. The molecular weight excluding hydrogens is 702 g/mol. The number of hydrogen-bond donors (Lipinski definition) is 1. The zero-order valence-electron chi connectivity index (χ0n) is 26.6. The molecular formula is C36H39BrClN3O5S. The van der Waals surface area contributed by atoms with Crippen molar-refractivity contribution < 1.29 is 22.7 Å². The molecule has 4 aromatic rings. The number of nitrogens with one attached hydrogen (secondary N) is 1. The number of amides is 2. The number of carbonyl (C=O) groups excluding carboxylic acids is 2. The Hall–Kier alpha value is -3.86. The molecule has 0 aliphatic carbocycles. The minimum Gasteiger partial charge on any atom is -0.494 e. The van der Waals surface area contributed by atoms with Crippen LogP contribution in [0.25, 0.3) is 0 Å². The molecule has 11 heteroatoms. The van der Waals surface area contributed by atoms with Crippen molar-refractivity contribution in [3.8, 4) is 5.75 Å². The van der Waals surface area contributed by atoms with Gasteiger partial charge in [-0.05, 0) is 86.0 Å². The van der Waals surface area contributed by atoms with Gasteiger partial charge in [0.15, 0.2) is 0 Å². The number of nitrogens with zero attached hydrogens (tertiary/aromatic N) is 2. The summed E-state index contributed by atoms with van der Waals surface area (Å²) in [6, 6.07) is 28.1. The monoisotopic (exact) mass is 739 g/mol. The summed E-state index contributed by atoms with van der Waals surface area (Å²) in [5.74, 6) is -0.347. The lowest BCUT2D eigenvalue weighted by Gasteiger charge is -2.34. The molecule has 2 atom stereocenters. The standard InChI is InChI=1S/C36H39BrClN3O5S/c1-4-26(3)39-36(43)34(23-27-11-7-6-8-12-27)40(24-28-13-9-10-14-33(28)38)35(42)25-41(30-17-19-31(20-18-30)46-5-2)47(44,45)32-21-15-29(37)16-22-32/h6-22,26,34H,4-5,23-25H2,1-3H3,(H,39,43)/t26-,34-/m0/s1. The average molecular weight is 741 g/mol. The van der Waals surface area contributed by atoms with E-state index in [1.165, 1.54) is 17.0 Å². The van der Waals surface area contributed by atoms with Crippen molar-refractivity contribution in [1.82, 2.24) is 10.2 Å². The topological polar surface area (TPSA) is 96.0 Å². The van der Waals surface area contributed by atoms with Gasteiger partial charge in [-0.1, -0.05) is 83.0 Å². The molecule has 0 unspecified atom stereocenters. The maximum Gasteiger partial charge on any atom is 0.264 e. The molecule has 0 spiro atoms. The van der Waals surface area contributed by atoms with Crippen LogP contribution in [0.2, 0.25) is 5.02 Å². The maximum absolute atomic E-state index is 14.6. The zero-order valence-corrected chi connectivity index (χ0v) is 29.8. The fraction of sp³-hybridized carbons (Fsp3) is 0.278. The Kier molecular flexibility index (Phi) is 12.9.